The highest BCUT2D eigenvalue weighted by atomic mass is 16.3. The molecule has 0 radical (unpaired) electrons. The van der Waals surface area contributed by atoms with Gasteiger partial charge in [-0.15, -0.1) is 0 Å². The first-order valence-corrected chi connectivity index (χ1v) is 7.39. The van der Waals surface area contributed by atoms with Gasteiger partial charge in [0.25, 0.3) is 5.91 Å². The lowest BCUT2D eigenvalue weighted by Crippen LogP contribution is -2.53. The van der Waals surface area contributed by atoms with Crippen LogP contribution in [0.1, 0.15) is 43.2 Å². The van der Waals surface area contributed by atoms with Crippen molar-refractivity contribution in [3.05, 3.63) is 24.2 Å². The van der Waals surface area contributed by atoms with Crippen molar-refractivity contribution >= 4 is 11.8 Å². The first-order chi connectivity index (χ1) is 10.1. The van der Waals surface area contributed by atoms with Crippen LogP contribution in [-0.4, -0.2) is 47.1 Å². The Bertz CT molecular complexity index is 472. The third kappa shape index (κ3) is 3.85. The van der Waals surface area contributed by atoms with Gasteiger partial charge in [0.05, 0.1) is 6.26 Å². The van der Waals surface area contributed by atoms with E-state index in [1.165, 1.54) is 6.26 Å². The Labute approximate surface area is 124 Å². The lowest BCUT2D eigenvalue weighted by molar-refractivity contribution is -0.127. The molecule has 116 valence electrons. The Kier molecular flexibility index (Phi) is 5.38. The maximum Gasteiger partial charge on any atom is 0.290 e. The van der Waals surface area contributed by atoms with Crippen LogP contribution < -0.4 is 5.32 Å². The topological polar surface area (TPSA) is 82.8 Å². The van der Waals surface area contributed by atoms with Crippen LogP contribution in [0.5, 0.6) is 0 Å². The lowest BCUT2D eigenvalue weighted by Gasteiger charge is -2.34. The minimum Gasteiger partial charge on any atom is -0.459 e. The zero-order valence-corrected chi connectivity index (χ0v) is 12.2. The molecule has 2 heterocycles. The standard InChI is InChI=1S/C15H22N2O4/c1-11(7-9-18)16-14(19)12-5-2-3-8-17(12)15(20)13-6-4-10-21-13/h4,6,10-12,18H,2-3,5,7-9H2,1H3,(H,16,19). The largest absolute Gasteiger partial charge is 0.459 e. The zero-order chi connectivity index (χ0) is 15.2. The van der Waals surface area contributed by atoms with Crippen molar-refractivity contribution in [2.75, 3.05) is 13.2 Å². The molecule has 0 spiro atoms. The molecule has 1 aliphatic rings. The average Bonchev–Trinajstić information content (AvgIpc) is 3.01. The number of aliphatic hydroxyl groups is 1. The smallest absolute Gasteiger partial charge is 0.290 e. The van der Waals surface area contributed by atoms with Gasteiger partial charge < -0.3 is 19.7 Å². The molecule has 1 saturated heterocycles. The number of likely N-dealkylation sites (tertiary alicyclic amines) is 1. The summed E-state index contributed by atoms with van der Waals surface area (Å²) in [4.78, 5) is 26.3. The molecule has 1 aromatic heterocycles. The molecule has 2 rings (SSSR count). The maximum absolute atomic E-state index is 12.4. The SMILES string of the molecule is CC(CCO)NC(=O)C1CCCCN1C(=O)c1ccco1. The Morgan fingerprint density at radius 2 is 2.33 bits per heavy atom. The normalized spacial score (nSPS) is 20.1. The summed E-state index contributed by atoms with van der Waals surface area (Å²) in [5.74, 6) is -0.136. The zero-order valence-electron chi connectivity index (χ0n) is 12.2. The van der Waals surface area contributed by atoms with Gasteiger partial charge >= 0.3 is 0 Å². The summed E-state index contributed by atoms with van der Waals surface area (Å²) < 4.78 is 5.14. The van der Waals surface area contributed by atoms with Gasteiger partial charge in [-0.1, -0.05) is 0 Å². The fraction of sp³-hybridized carbons (Fsp3) is 0.600. The van der Waals surface area contributed by atoms with Crippen LogP contribution in [0, 0.1) is 0 Å². The predicted octanol–water partition coefficient (Wildman–Crippen LogP) is 1.16. The number of carbonyl (C=O) groups is 2. The highest BCUT2D eigenvalue weighted by Crippen LogP contribution is 2.20. The molecule has 21 heavy (non-hydrogen) atoms. The second kappa shape index (κ2) is 7.26. The summed E-state index contributed by atoms with van der Waals surface area (Å²) in [7, 11) is 0. The Morgan fingerprint density at radius 1 is 1.52 bits per heavy atom. The lowest BCUT2D eigenvalue weighted by atomic mass is 10.0. The minimum absolute atomic E-state index is 0.0289. The molecular weight excluding hydrogens is 272 g/mol. The van der Waals surface area contributed by atoms with Crippen molar-refractivity contribution in [3.63, 3.8) is 0 Å². The summed E-state index contributed by atoms with van der Waals surface area (Å²) in [5, 5.41) is 11.8. The van der Waals surface area contributed by atoms with E-state index in [2.05, 4.69) is 5.32 Å². The van der Waals surface area contributed by atoms with E-state index in [9.17, 15) is 9.59 Å². The van der Waals surface area contributed by atoms with Crippen LogP contribution in [0.15, 0.2) is 22.8 Å². The molecule has 1 aliphatic heterocycles. The molecule has 0 saturated carbocycles. The van der Waals surface area contributed by atoms with E-state index in [4.69, 9.17) is 9.52 Å². The van der Waals surface area contributed by atoms with Gasteiger partial charge in [-0.2, -0.15) is 0 Å². The van der Waals surface area contributed by atoms with Gasteiger partial charge in [0.2, 0.25) is 5.91 Å². The van der Waals surface area contributed by atoms with E-state index in [0.29, 0.717) is 19.4 Å². The maximum atomic E-state index is 12.4. The van der Waals surface area contributed by atoms with Crippen LogP contribution >= 0.6 is 0 Å². The molecule has 1 aromatic rings. The van der Waals surface area contributed by atoms with E-state index in [0.717, 1.165) is 12.8 Å². The molecule has 2 atom stereocenters. The van der Waals surface area contributed by atoms with Crippen molar-refractivity contribution < 1.29 is 19.1 Å². The number of piperidine rings is 1. The number of rotatable bonds is 5. The summed E-state index contributed by atoms with van der Waals surface area (Å²) >= 11 is 0. The summed E-state index contributed by atoms with van der Waals surface area (Å²) in [5.41, 5.74) is 0. The van der Waals surface area contributed by atoms with Crippen LogP contribution in [0.4, 0.5) is 0 Å². The van der Waals surface area contributed by atoms with Crippen LogP contribution in [0.3, 0.4) is 0 Å². The van der Waals surface area contributed by atoms with Gasteiger partial charge in [-0.25, -0.2) is 0 Å². The van der Waals surface area contributed by atoms with Gasteiger partial charge in [0, 0.05) is 19.2 Å². The summed E-state index contributed by atoms with van der Waals surface area (Å²) in [6.07, 6.45) is 4.43. The second-order valence-corrected chi connectivity index (χ2v) is 5.41. The van der Waals surface area contributed by atoms with Crippen LogP contribution in [0.2, 0.25) is 0 Å². The van der Waals surface area contributed by atoms with E-state index < -0.39 is 6.04 Å². The monoisotopic (exact) mass is 294 g/mol. The second-order valence-electron chi connectivity index (χ2n) is 5.41. The van der Waals surface area contributed by atoms with E-state index in [1.807, 2.05) is 6.92 Å². The number of nitrogens with one attached hydrogen (secondary N) is 1. The summed E-state index contributed by atoms with van der Waals surface area (Å²) in [6.45, 7) is 2.43. The quantitative estimate of drug-likeness (QED) is 0.853. The Balaban J connectivity index is 2.04. The van der Waals surface area contributed by atoms with Gasteiger partial charge in [0.15, 0.2) is 5.76 Å². The first-order valence-electron chi connectivity index (χ1n) is 7.39. The highest BCUT2D eigenvalue weighted by molar-refractivity contribution is 5.95. The summed E-state index contributed by atoms with van der Waals surface area (Å²) in [6, 6.07) is 2.71. The van der Waals surface area contributed by atoms with Crippen molar-refractivity contribution in [2.45, 2.75) is 44.7 Å². The average molecular weight is 294 g/mol. The molecule has 2 amide bonds. The number of carbonyl (C=O) groups excluding carboxylic acids is 2. The van der Waals surface area contributed by atoms with Gasteiger partial charge in [0.1, 0.15) is 6.04 Å². The Hall–Kier alpha value is -1.82. The predicted molar refractivity (Wildman–Crippen MR) is 76.7 cm³/mol. The van der Waals surface area contributed by atoms with Gasteiger partial charge in [-0.05, 0) is 44.7 Å². The highest BCUT2D eigenvalue weighted by Gasteiger charge is 2.33. The number of aliphatic hydroxyl groups excluding tert-OH is 1. The molecule has 1 fully saturated rings. The van der Waals surface area contributed by atoms with Crippen molar-refractivity contribution in [3.8, 4) is 0 Å². The van der Waals surface area contributed by atoms with Crippen LogP contribution in [-0.2, 0) is 4.79 Å². The third-order valence-corrected chi connectivity index (χ3v) is 3.75. The first kappa shape index (κ1) is 15.6. The minimum atomic E-state index is -0.461. The van der Waals surface area contributed by atoms with Crippen molar-refractivity contribution in [1.29, 1.82) is 0 Å². The molecule has 2 N–H and O–H groups in total. The Morgan fingerprint density at radius 3 is 3.00 bits per heavy atom. The fourth-order valence-corrected chi connectivity index (χ4v) is 2.59. The molecule has 0 bridgehead atoms. The van der Waals surface area contributed by atoms with E-state index in [1.54, 1.807) is 17.0 Å². The van der Waals surface area contributed by atoms with E-state index >= 15 is 0 Å². The number of hydrogen-bond acceptors (Lipinski definition) is 4. The molecule has 0 aromatic carbocycles. The molecule has 6 heteroatoms. The number of furan rings is 1. The molecule has 2 unspecified atom stereocenters. The van der Waals surface area contributed by atoms with Crippen molar-refractivity contribution in [2.24, 2.45) is 0 Å². The van der Waals surface area contributed by atoms with Crippen molar-refractivity contribution in [1.82, 2.24) is 10.2 Å². The van der Waals surface area contributed by atoms with Gasteiger partial charge in [-0.3, -0.25) is 9.59 Å². The van der Waals surface area contributed by atoms with Crippen LogP contribution in [0.25, 0.3) is 0 Å². The third-order valence-electron chi connectivity index (χ3n) is 3.75. The number of amides is 2. The molecule has 6 nitrogen and oxygen atoms in total. The number of nitrogens with zero attached hydrogens (tertiary/aromatic N) is 1. The molecular formula is C15H22N2O4. The molecule has 0 aliphatic carbocycles. The fourth-order valence-electron chi connectivity index (χ4n) is 2.59. The van der Waals surface area contributed by atoms with E-state index in [-0.39, 0.29) is 30.2 Å². The number of hydrogen-bond donors (Lipinski definition) is 2.